The maximum Gasteiger partial charge on any atom is 0.331 e. The highest BCUT2D eigenvalue weighted by Crippen LogP contribution is 2.33. The summed E-state index contributed by atoms with van der Waals surface area (Å²) in [4.78, 5) is 29.9. The lowest BCUT2D eigenvalue weighted by Crippen LogP contribution is -2.56. The first-order valence-corrected chi connectivity index (χ1v) is 11.1. The minimum atomic E-state index is -0.912. The van der Waals surface area contributed by atoms with Crippen LogP contribution in [0.3, 0.4) is 0 Å². The second-order valence-corrected chi connectivity index (χ2v) is 8.20. The number of carbonyl (C=O) groups excluding carboxylic acids is 2. The van der Waals surface area contributed by atoms with Gasteiger partial charge in [0.1, 0.15) is 11.2 Å². The number of nitrogens with one attached hydrogen (secondary N) is 1. The zero-order valence-electron chi connectivity index (χ0n) is 18.3. The number of methoxy groups -OCH3 is 1. The molecule has 166 valence electrons. The summed E-state index contributed by atoms with van der Waals surface area (Å²) in [7, 11) is 1.37. The molecule has 0 atom stereocenters. The van der Waals surface area contributed by atoms with Gasteiger partial charge in [-0.3, -0.25) is 4.79 Å². The molecule has 0 spiro atoms. The Kier molecular flexibility index (Phi) is 6.69. The summed E-state index contributed by atoms with van der Waals surface area (Å²) in [6.45, 7) is 0. The molecular formula is C26H28N2O4. The van der Waals surface area contributed by atoms with Gasteiger partial charge in [-0.1, -0.05) is 79.9 Å². The normalized spacial score (nSPS) is 15.2. The summed E-state index contributed by atoms with van der Waals surface area (Å²) in [5, 5.41) is 2.96. The average Bonchev–Trinajstić information content (AvgIpc) is 3.28. The third kappa shape index (κ3) is 4.74. The van der Waals surface area contributed by atoms with Gasteiger partial charge in [0.25, 0.3) is 0 Å². The Balaban J connectivity index is 1.51. The van der Waals surface area contributed by atoms with Crippen LogP contribution in [-0.2, 0) is 20.7 Å². The van der Waals surface area contributed by atoms with Crippen LogP contribution in [0.15, 0.2) is 65.1 Å². The number of oxazole rings is 1. The van der Waals surface area contributed by atoms with Crippen LogP contribution in [0, 0.1) is 0 Å². The molecule has 6 nitrogen and oxygen atoms in total. The van der Waals surface area contributed by atoms with E-state index in [4.69, 9.17) is 14.1 Å². The lowest BCUT2D eigenvalue weighted by atomic mass is 9.81. The molecule has 4 rings (SSSR count). The van der Waals surface area contributed by atoms with Crippen LogP contribution in [0.4, 0.5) is 0 Å². The van der Waals surface area contributed by atoms with Gasteiger partial charge in [0.2, 0.25) is 5.91 Å². The van der Waals surface area contributed by atoms with Crippen LogP contribution >= 0.6 is 0 Å². The molecule has 1 heterocycles. The molecule has 1 aromatic heterocycles. The molecule has 1 aliphatic carbocycles. The van der Waals surface area contributed by atoms with Gasteiger partial charge in [0, 0.05) is 24.0 Å². The highest BCUT2D eigenvalue weighted by molar-refractivity contribution is 5.88. The number of ether oxygens (including phenoxy) is 1. The van der Waals surface area contributed by atoms with Gasteiger partial charge in [-0.05, 0) is 12.8 Å². The van der Waals surface area contributed by atoms with Crippen LogP contribution in [0.5, 0.6) is 0 Å². The second-order valence-electron chi connectivity index (χ2n) is 8.20. The van der Waals surface area contributed by atoms with E-state index in [2.05, 4.69) is 5.32 Å². The summed E-state index contributed by atoms with van der Waals surface area (Å²) in [5.41, 5.74) is 1.73. The summed E-state index contributed by atoms with van der Waals surface area (Å²) >= 11 is 0. The van der Waals surface area contributed by atoms with Crippen molar-refractivity contribution in [2.75, 3.05) is 7.11 Å². The van der Waals surface area contributed by atoms with Crippen LogP contribution in [0.25, 0.3) is 22.6 Å². The van der Waals surface area contributed by atoms with E-state index >= 15 is 0 Å². The van der Waals surface area contributed by atoms with E-state index in [1.807, 2.05) is 60.7 Å². The Labute approximate surface area is 188 Å². The predicted octanol–water partition coefficient (Wildman–Crippen LogP) is 4.93. The molecule has 0 aliphatic heterocycles. The Hall–Kier alpha value is -3.41. The van der Waals surface area contributed by atoms with Crippen molar-refractivity contribution in [1.82, 2.24) is 10.3 Å². The first-order chi connectivity index (χ1) is 15.6. The highest BCUT2D eigenvalue weighted by Gasteiger charge is 2.41. The molecule has 2 aromatic carbocycles. The molecule has 0 unspecified atom stereocenters. The first-order valence-electron chi connectivity index (χ1n) is 11.1. The van der Waals surface area contributed by atoms with Gasteiger partial charge in [0.15, 0.2) is 11.7 Å². The van der Waals surface area contributed by atoms with Crippen molar-refractivity contribution in [2.45, 2.75) is 50.5 Å². The van der Waals surface area contributed by atoms with Gasteiger partial charge < -0.3 is 14.5 Å². The minimum absolute atomic E-state index is 0.182. The van der Waals surface area contributed by atoms with E-state index in [9.17, 15) is 9.59 Å². The molecule has 32 heavy (non-hydrogen) atoms. The van der Waals surface area contributed by atoms with E-state index in [1.54, 1.807) is 0 Å². The number of hydrogen-bond acceptors (Lipinski definition) is 5. The zero-order valence-corrected chi connectivity index (χ0v) is 18.3. The van der Waals surface area contributed by atoms with Crippen LogP contribution in [0.1, 0.15) is 44.4 Å². The second kappa shape index (κ2) is 9.81. The zero-order chi connectivity index (χ0) is 22.4. The number of hydrogen-bond donors (Lipinski definition) is 1. The fraction of sp³-hybridized carbons (Fsp3) is 0.346. The smallest absolute Gasteiger partial charge is 0.331 e. The van der Waals surface area contributed by atoms with Crippen LogP contribution in [0.2, 0.25) is 0 Å². The van der Waals surface area contributed by atoms with Crippen molar-refractivity contribution in [3.8, 4) is 22.6 Å². The molecule has 1 amide bonds. The van der Waals surface area contributed by atoms with Crippen LogP contribution in [-0.4, -0.2) is 29.5 Å². The van der Waals surface area contributed by atoms with Gasteiger partial charge in [0.05, 0.1) is 7.11 Å². The molecule has 3 aromatic rings. The topological polar surface area (TPSA) is 81.4 Å². The van der Waals surface area contributed by atoms with Crippen molar-refractivity contribution < 1.29 is 18.7 Å². The highest BCUT2D eigenvalue weighted by atomic mass is 16.5. The maximum atomic E-state index is 12.8. The Bertz CT molecular complexity index is 997. The molecule has 1 aliphatic rings. The van der Waals surface area contributed by atoms with Crippen molar-refractivity contribution >= 4 is 11.9 Å². The van der Waals surface area contributed by atoms with E-state index in [1.165, 1.54) is 7.11 Å². The minimum Gasteiger partial charge on any atom is -0.467 e. The number of rotatable bonds is 7. The largest absolute Gasteiger partial charge is 0.467 e. The van der Waals surface area contributed by atoms with Crippen molar-refractivity contribution in [3.63, 3.8) is 0 Å². The predicted molar refractivity (Wildman–Crippen MR) is 122 cm³/mol. The van der Waals surface area contributed by atoms with E-state index in [-0.39, 0.29) is 18.3 Å². The number of esters is 1. The Morgan fingerprint density at radius 3 is 2.22 bits per heavy atom. The quantitative estimate of drug-likeness (QED) is 0.535. The summed E-state index contributed by atoms with van der Waals surface area (Å²) in [5.74, 6) is 0.622. The maximum absolute atomic E-state index is 12.8. The third-order valence-electron chi connectivity index (χ3n) is 5.98. The molecule has 6 heteroatoms. The summed E-state index contributed by atoms with van der Waals surface area (Å²) < 4.78 is 11.1. The molecule has 1 N–H and O–H groups in total. The number of amides is 1. The fourth-order valence-electron chi connectivity index (χ4n) is 4.33. The van der Waals surface area contributed by atoms with Gasteiger partial charge >= 0.3 is 5.97 Å². The van der Waals surface area contributed by atoms with E-state index in [0.29, 0.717) is 30.9 Å². The lowest BCUT2D eigenvalue weighted by Gasteiger charge is -2.35. The lowest BCUT2D eigenvalue weighted by molar-refractivity contribution is -0.152. The Morgan fingerprint density at radius 1 is 0.969 bits per heavy atom. The summed E-state index contributed by atoms with van der Waals surface area (Å²) in [6, 6.07) is 19.7. The van der Waals surface area contributed by atoms with Gasteiger partial charge in [-0.15, -0.1) is 0 Å². The molecule has 1 saturated carbocycles. The molecule has 0 radical (unpaired) electrons. The van der Waals surface area contributed by atoms with Gasteiger partial charge in [-0.25, -0.2) is 9.78 Å². The third-order valence-corrected chi connectivity index (χ3v) is 5.98. The molecular weight excluding hydrogens is 404 g/mol. The van der Waals surface area contributed by atoms with Crippen molar-refractivity contribution in [2.24, 2.45) is 0 Å². The Morgan fingerprint density at radius 2 is 1.59 bits per heavy atom. The first kappa shape index (κ1) is 21.8. The number of carbonyl (C=O) groups is 2. The number of nitrogens with zero attached hydrogens (tertiary/aromatic N) is 1. The average molecular weight is 433 g/mol. The SMILES string of the molecule is COC(=O)C1(NC(=O)CCc2nc(-c3ccccc3)c(-c3ccccc3)o2)CCCCC1. The molecule has 1 fully saturated rings. The van der Waals surface area contributed by atoms with Crippen LogP contribution < -0.4 is 5.32 Å². The number of aromatic nitrogens is 1. The molecule has 0 bridgehead atoms. The van der Waals surface area contributed by atoms with Crippen molar-refractivity contribution in [1.29, 1.82) is 0 Å². The number of benzene rings is 2. The molecule has 0 saturated heterocycles. The van der Waals surface area contributed by atoms with Gasteiger partial charge in [-0.2, -0.15) is 0 Å². The number of aryl methyl sites for hydroxylation is 1. The standard InChI is InChI=1S/C26H28N2O4/c1-31-25(30)26(17-9-4-10-18-26)28-21(29)15-16-22-27-23(19-11-5-2-6-12-19)24(32-22)20-13-7-3-8-14-20/h2-3,5-8,11-14H,4,9-10,15-18H2,1H3,(H,28,29). The summed E-state index contributed by atoms with van der Waals surface area (Å²) in [6.07, 6.45) is 4.61. The fourth-order valence-corrected chi connectivity index (χ4v) is 4.33. The van der Waals surface area contributed by atoms with E-state index in [0.717, 1.165) is 36.1 Å². The van der Waals surface area contributed by atoms with Crippen molar-refractivity contribution in [3.05, 3.63) is 66.6 Å². The van der Waals surface area contributed by atoms with E-state index < -0.39 is 5.54 Å². The monoisotopic (exact) mass is 432 g/mol.